The van der Waals surface area contributed by atoms with Crippen LogP contribution < -0.4 is 68.9 Å². The van der Waals surface area contributed by atoms with E-state index < -0.39 is 0 Å². The van der Waals surface area contributed by atoms with Crippen molar-refractivity contribution in [1.29, 1.82) is 0 Å². The zero-order valence-corrected chi connectivity index (χ0v) is 20.4. The molecule has 0 saturated heterocycles. The van der Waals surface area contributed by atoms with Gasteiger partial charge in [-0.05, 0) is 22.8 Å². The Bertz CT molecular complexity index is 682. The zero-order valence-electron chi connectivity index (χ0n) is 17.4. The number of aromatic nitrogens is 4. The molecule has 0 aliphatic rings. The molecule has 2 aromatic rings. The van der Waals surface area contributed by atoms with Gasteiger partial charge in [0.15, 0.2) is 12.0 Å². The first-order valence-electron chi connectivity index (χ1n) is 6.36. The molecule has 2 aromatic heterocycles. The predicted octanol–water partition coefficient (Wildman–Crippen LogP) is -5.89. The van der Waals surface area contributed by atoms with Crippen molar-refractivity contribution in [2.24, 2.45) is 5.34 Å². The third kappa shape index (κ3) is 16.6. The van der Waals surface area contributed by atoms with Gasteiger partial charge in [-0.25, -0.2) is 0 Å². The standard InChI is InChI=1S/C4H4N2O3.C4H6N2O2.C4H6O.B.HNO2.2Na.H/c1-3-4(2-7)5-9-6(3)8;1-3-4(2)6(7)8-5-3;1-2-3-4-5;;2-1-3;;;/h2H,1H3;1-2H3;2-4H,1H3;;(H,2,3);;;/q;;;;;2*+1;-1/p-1/b;;3-2+;;;;;. The minimum Gasteiger partial charge on any atom is -1.00 e. The molecule has 0 aliphatic carbocycles. The minimum absolute atomic E-state index is 0. The molecule has 2 heterocycles. The molecule has 2 rings (SSSR count). The molecule has 3 radical (unpaired) electrons. The van der Waals surface area contributed by atoms with E-state index in [0.29, 0.717) is 22.6 Å². The van der Waals surface area contributed by atoms with Crippen LogP contribution in [0, 0.1) is 41.3 Å². The molecule has 13 nitrogen and oxygen atoms in total. The van der Waals surface area contributed by atoms with E-state index in [1.165, 1.54) is 13.0 Å². The van der Waals surface area contributed by atoms with Crippen LogP contribution >= 0.6 is 0 Å². The van der Waals surface area contributed by atoms with Gasteiger partial charge < -0.3 is 22.0 Å². The van der Waals surface area contributed by atoms with Crippen LogP contribution in [-0.4, -0.2) is 31.3 Å². The van der Waals surface area contributed by atoms with Crippen molar-refractivity contribution in [2.75, 3.05) is 0 Å². The van der Waals surface area contributed by atoms with Gasteiger partial charge in [-0.2, -0.15) is 0 Å². The van der Waals surface area contributed by atoms with Crippen LogP contribution in [0.5, 0.6) is 0 Å². The van der Waals surface area contributed by atoms with Gasteiger partial charge in [0.2, 0.25) is 11.4 Å². The summed E-state index contributed by atoms with van der Waals surface area (Å²) in [7, 11) is 0. The first kappa shape index (κ1) is 37.2. The molecule has 28 heavy (non-hydrogen) atoms. The molecule has 0 N–H and O–H groups in total. The second-order valence-electron chi connectivity index (χ2n) is 3.86. The van der Waals surface area contributed by atoms with Crippen LogP contribution in [0.4, 0.5) is 0 Å². The van der Waals surface area contributed by atoms with Gasteiger partial charge in [0.25, 0.3) is 5.69 Å². The Kier molecular flexibility index (Phi) is 31.2. The van der Waals surface area contributed by atoms with Crippen molar-refractivity contribution in [3.8, 4) is 0 Å². The van der Waals surface area contributed by atoms with Crippen molar-refractivity contribution in [3.63, 3.8) is 0 Å². The van der Waals surface area contributed by atoms with Gasteiger partial charge in [0, 0.05) is 39.5 Å². The molecule has 143 valence electrons. The molecule has 0 aliphatic heterocycles. The number of carbonyl (C=O) groups is 2. The third-order valence-corrected chi connectivity index (χ3v) is 2.29. The van der Waals surface area contributed by atoms with Crippen molar-refractivity contribution in [2.45, 2.75) is 27.7 Å². The van der Waals surface area contributed by atoms with Crippen molar-refractivity contribution in [1.82, 2.24) is 10.3 Å². The SMILES string of the molecule is C/C=C/C=O.Cc1c(C=O)no[n+]1[O-].Cc1no[n+]([O-])c1C.O=N[O-].[B].[H-].[Na+].[Na+]. The Morgan fingerprint density at radius 1 is 1.04 bits per heavy atom. The summed E-state index contributed by atoms with van der Waals surface area (Å²) >= 11 is 0. The molecule has 0 amide bonds. The summed E-state index contributed by atoms with van der Waals surface area (Å²) in [5.41, 5.74) is 1.39. The van der Waals surface area contributed by atoms with Crippen LogP contribution in [0.1, 0.15) is 35.9 Å². The third-order valence-electron chi connectivity index (χ3n) is 2.29. The first-order chi connectivity index (χ1) is 11.8. The Labute approximate surface area is 207 Å². The van der Waals surface area contributed by atoms with Gasteiger partial charge in [-0.15, -0.1) is 5.34 Å². The van der Waals surface area contributed by atoms with Gasteiger partial charge in [-0.3, -0.25) is 18.8 Å². The number of hydrogen-bond acceptors (Lipinski definition) is 11. The van der Waals surface area contributed by atoms with Crippen LogP contribution in [0.25, 0.3) is 0 Å². The average molecular weight is 416 g/mol. The fourth-order valence-corrected chi connectivity index (χ4v) is 0.845. The number of nitrogens with zero attached hydrogens (tertiary/aromatic N) is 5. The van der Waals surface area contributed by atoms with Crippen molar-refractivity contribution in [3.05, 3.63) is 55.5 Å². The summed E-state index contributed by atoms with van der Waals surface area (Å²) in [5.74, 6) is 0. The molecule has 0 saturated carbocycles. The Morgan fingerprint density at radius 3 is 1.57 bits per heavy atom. The maximum absolute atomic E-state index is 10.3. The average Bonchev–Trinajstić information content (AvgIpc) is 3.07. The normalized spacial score (nSPS) is 7.86. The Morgan fingerprint density at radius 2 is 1.46 bits per heavy atom. The second kappa shape index (κ2) is 23.5. The van der Waals surface area contributed by atoms with Crippen LogP contribution in [-0.2, 0) is 4.79 Å². The van der Waals surface area contributed by atoms with E-state index in [1.807, 2.05) is 0 Å². The number of aryl methyl sites for hydroxylation is 1. The molecule has 0 spiro atoms. The van der Waals surface area contributed by atoms with E-state index in [-0.39, 0.29) is 85.2 Å². The monoisotopic (exact) mass is 416 g/mol. The molecular formula is C12H17BN5Na2O8. The summed E-state index contributed by atoms with van der Waals surface area (Å²) in [6.07, 6.45) is 4.35. The van der Waals surface area contributed by atoms with Crippen molar-refractivity contribution >= 4 is 21.0 Å². The largest absolute Gasteiger partial charge is 1.00 e. The summed E-state index contributed by atoms with van der Waals surface area (Å²) < 4.78 is 8.27. The molecule has 0 aromatic carbocycles. The molecule has 0 unspecified atom stereocenters. The zero-order chi connectivity index (χ0) is 19.8. The fourth-order valence-electron chi connectivity index (χ4n) is 0.845. The van der Waals surface area contributed by atoms with Gasteiger partial charge in [0.05, 0.1) is 0 Å². The Balaban J connectivity index is -0.0000000618. The van der Waals surface area contributed by atoms with Crippen LogP contribution in [0.3, 0.4) is 0 Å². The predicted molar refractivity (Wildman–Crippen MR) is 87.4 cm³/mol. The summed E-state index contributed by atoms with van der Waals surface area (Å²) in [6.45, 7) is 6.62. The number of aldehydes is 2. The molecule has 16 heteroatoms. The smallest absolute Gasteiger partial charge is 1.00 e. The fraction of sp³-hybridized carbons (Fsp3) is 0.333. The molecular weight excluding hydrogens is 399 g/mol. The summed E-state index contributed by atoms with van der Waals surface area (Å²) in [5, 5.41) is 36.2. The maximum atomic E-state index is 10.3. The summed E-state index contributed by atoms with van der Waals surface area (Å²) in [6, 6.07) is 0. The van der Waals surface area contributed by atoms with E-state index in [9.17, 15) is 20.0 Å². The van der Waals surface area contributed by atoms with E-state index >= 15 is 0 Å². The topological polar surface area (TPSA) is 193 Å². The minimum atomic E-state index is 0. The van der Waals surface area contributed by atoms with E-state index in [1.54, 1.807) is 26.8 Å². The number of rotatable bonds is 2. The van der Waals surface area contributed by atoms with Crippen LogP contribution in [0.2, 0.25) is 0 Å². The molecule has 0 fully saturated rings. The van der Waals surface area contributed by atoms with E-state index in [4.69, 9.17) is 10.1 Å². The second-order valence-corrected chi connectivity index (χ2v) is 3.86. The van der Waals surface area contributed by atoms with Crippen LogP contribution in [0.15, 0.2) is 26.8 Å². The maximum Gasteiger partial charge on any atom is 1.00 e. The quantitative estimate of drug-likeness (QED) is 0.114. The molecule has 0 bridgehead atoms. The van der Waals surface area contributed by atoms with Gasteiger partial charge in [0.1, 0.15) is 6.29 Å². The summed E-state index contributed by atoms with van der Waals surface area (Å²) in [4.78, 5) is 27.9. The first-order valence-corrected chi connectivity index (χ1v) is 6.36. The van der Waals surface area contributed by atoms with E-state index in [2.05, 4.69) is 19.6 Å². The number of carbonyl (C=O) groups excluding carboxylic acids is 2. The van der Waals surface area contributed by atoms with Gasteiger partial charge in [-0.1, -0.05) is 6.08 Å². The number of allylic oxidation sites excluding steroid dienone is 2. The van der Waals surface area contributed by atoms with Crippen molar-refractivity contribution < 1.29 is 89.2 Å². The molecule has 0 atom stereocenters. The Hall–Kier alpha value is -1.58. The van der Waals surface area contributed by atoms with Gasteiger partial charge >= 0.3 is 59.1 Å². The van der Waals surface area contributed by atoms with E-state index in [0.717, 1.165) is 11.6 Å². The number of hydrogen-bond donors (Lipinski definition) is 0.